The number of anilines is 1. The van der Waals surface area contributed by atoms with Crippen LogP contribution in [0, 0.1) is 0 Å². The first-order valence-corrected chi connectivity index (χ1v) is 15.9. The molecule has 0 amide bonds. The number of methoxy groups -OCH3 is 1. The van der Waals surface area contributed by atoms with Crippen LogP contribution < -0.4 is 15.2 Å². The van der Waals surface area contributed by atoms with E-state index in [-0.39, 0.29) is 105 Å². The molecule has 14 nitrogen and oxygen atoms in total. The predicted octanol–water partition coefficient (Wildman–Crippen LogP) is 6.25. The number of azo groups is 2. The quantitative estimate of drug-likeness (QED) is 0.0586. The van der Waals surface area contributed by atoms with Crippen LogP contribution in [0.4, 0.5) is 28.4 Å². The van der Waals surface area contributed by atoms with Crippen LogP contribution in [0.5, 0.6) is 17.2 Å². The van der Waals surface area contributed by atoms with Crippen LogP contribution in [0.1, 0.15) is 6.92 Å². The van der Waals surface area contributed by atoms with E-state index in [1.54, 1.807) is 25.1 Å². The molecule has 0 spiro atoms. The Hall–Kier alpha value is -3.16. The predicted molar refractivity (Wildman–Crippen MR) is 178 cm³/mol. The van der Waals surface area contributed by atoms with Crippen LogP contribution >= 0.6 is 0 Å². The van der Waals surface area contributed by atoms with Gasteiger partial charge >= 0.3 is 0 Å². The largest absolute Gasteiger partial charge is 0.506 e. The number of nitrogen functional groups attached to an aromatic ring is 1. The molecule has 5 aromatic rings. The molecule has 0 bridgehead atoms. The molecule has 5 N–H and O–H groups in total. The van der Waals surface area contributed by atoms with Crippen molar-refractivity contribution in [1.82, 2.24) is 0 Å². The van der Waals surface area contributed by atoms with Gasteiger partial charge in [0.2, 0.25) is 0 Å². The summed E-state index contributed by atoms with van der Waals surface area (Å²) < 4.78 is 77.5. The summed E-state index contributed by atoms with van der Waals surface area (Å²) in [7, 11) is -7.63. The molecule has 5 rings (SSSR count). The van der Waals surface area contributed by atoms with Gasteiger partial charge in [0.05, 0.1) is 40.6 Å². The normalized spacial score (nSPS) is 11.9. The van der Waals surface area contributed by atoms with Crippen LogP contribution in [0.25, 0.3) is 21.5 Å². The number of rotatable bonds is 9. The number of phenols is 1. The Kier molecular flexibility index (Phi) is 12.5. The fraction of sp³-hybridized carbons (Fsp3) is 0.103. The molecule has 18 heteroatoms. The Morgan fingerprint density at radius 2 is 1.34 bits per heavy atom. The van der Waals surface area contributed by atoms with E-state index < -0.39 is 25.1 Å². The second-order valence-corrected chi connectivity index (χ2v) is 12.3. The molecule has 2 radical (unpaired) electrons. The van der Waals surface area contributed by atoms with Gasteiger partial charge in [0.15, 0.2) is 0 Å². The maximum Gasteiger partial charge on any atom is 0.294 e. The summed E-state index contributed by atoms with van der Waals surface area (Å²) in [4.78, 5) is -0.751. The van der Waals surface area contributed by atoms with Gasteiger partial charge in [0.25, 0.3) is 20.2 Å². The van der Waals surface area contributed by atoms with Crippen LogP contribution in [0.3, 0.4) is 0 Å². The SMILES string of the molecule is CCOc1cc(N=Nc2ccc(N)c(OC)c2)c2cc(S(=O)(=O)O)ccc2c1N=Nc1c(O)ccc2cc(S(=O)(=O)O)ccc12.[Na].[Na]. The zero-order chi connectivity index (χ0) is 32.5. The van der Waals surface area contributed by atoms with E-state index in [9.17, 15) is 31.0 Å². The fourth-order valence-corrected chi connectivity index (χ4v) is 5.50. The minimum absolute atomic E-state index is 0. The third kappa shape index (κ3) is 8.47. The average molecular weight is 698 g/mol. The second kappa shape index (κ2) is 15.4. The fourth-order valence-electron chi connectivity index (χ4n) is 4.48. The summed E-state index contributed by atoms with van der Waals surface area (Å²) in [5.41, 5.74) is 6.94. The van der Waals surface area contributed by atoms with Crippen molar-refractivity contribution in [2.24, 2.45) is 20.5 Å². The Labute approximate surface area is 313 Å². The van der Waals surface area contributed by atoms with Crippen LogP contribution in [0.2, 0.25) is 0 Å². The van der Waals surface area contributed by atoms with Crippen molar-refractivity contribution < 1.29 is 40.5 Å². The first kappa shape index (κ1) is 38.3. The van der Waals surface area contributed by atoms with Crippen molar-refractivity contribution in [3.05, 3.63) is 72.8 Å². The molecule has 0 fully saturated rings. The van der Waals surface area contributed by atoms with E-state index >= 15 is 0 Å². The number of nitrogens with two attached hydrogens (primary N) is 1. The summed E-state index contributed by atoms with van der Waals surface area (Å²) in [6.07, 6.45) is 0. The van der Waals surface area contributed by atoms with Gasteiger partial charge in [-0.2, -0.15) is 21.9 Å². The van der Waals surface area contributed by atoms with Gasteiger partial charge < -0.3 is 20.3 Å². The summed E-state index contributed by atoms with van der Waals surface area (Å²) in [6, 6.07) is 16.5. The maximum atomic E-state index is 12.0. The van der Waals surface area contributed by atoms with E-state index in [0.29, 0.717) is 33.3 Å². The molecule has 0 unspecified atom stereocenters. The Morgan fingerprint density at radius 1 is 0.702 bits per heavy atom. The van der Waals surface area contributed by atoms with E-state index in [1.165, 1.54) is 55.6 Å². The maximum absolute atomic E-state index is 12.0. The van der Waals surface area contributed by atoms with Gasteiger partial charge in [0, 0.05) is 87.4 Å². The Morgan fingerprint density at radius 3 is 1.98 bits per heavy atom. The number of aromatic hydroxyl groups is 1. The summed E-state index contributed by atoms with van der Waals surface area (Å²) in [5.74, 6) is 0.290. The molecule has 0 aromatic heterocycles. The number of phenolic OH excluding ortho intramolecular Hbond substituents is 1. The second-order valence-electron chi connectivity index (χ2n) is 9.48. The summed E-state index contributed by atoms with van der Waals surface area (Å²) >= 11 is 0. The average Bonchev–Trinajstić information content (AvgIpc) is 2.99. The van der Waals surface area contributed by atoms with Crippen LogP contribution in [0.15, 0.2) is 103 Å². The minimum atomic E-state index is -4.61. The number of fused-ring (bicyclic) bond motifs is 2. The van der Waals surface area contributed by atoms with Gasteiger partial charge in [0.1, 0.15) is 28.6 Å². The number of nitrogens with zero attached hydrogens (tertiary/aromatic N) is 4. The van der Waals surface area contributed by atoms with Crippen molar-refractivity contribution in [3.8, 4) is 17.2 Å². The topological polar surface area (TPSA) is 223 Å². The van der Waals surface area contributed by atoms with Crippen LogP contribution in [-0.2, 0) is 20.2 Å². The zero-order valence-corrected chi connectivity index (χ0v) is 31.2. The van der Waals surface area contributed by atoms with Gasteiger partial charge in [-0.3, -0.25) is 9.11 Å². The number of hydrogen-bond acceptors (Lipinski definition) is 12. The molecule has 0 aliphatic rings. The summed E-state index contributed by atoms with van der Waals surface area (Å²) in [6.45, 7) is 1.93. The molecule has 0 aliphatic heterocycles. The standard InChI is InChI=1S/C29H25N5O9S2.2Na/c1-3-43-27-15-24(32-31-17-5-10-23(30)26(13-17)42-2)22-14-19(45(39,40)41)7-9-21(22)29(27)34-33-28-20-8-6-18(44(36,37)38)12-16(20)4-11-25(28)35;;/h4-15,35H,3,30H2,1-2H3,(H,36,37,38)(H,39,40,41);;. The van der Waals surface area contributed by atoms with Crippen molar-refractivity contribution in [2.45, 2.75) is 16.7 Å². The van der Waals surface area contributed by atoms with Gasteiger partial charge in [-0.15, -0.1) is 15.3 Å². The third-order valence-electron chi connectivity index (χ3n) is 6.60. The molecule has 0 saturated heterocycles. The molecular formula is C29H25N5Na2O9S2. The van der Waals surface area contributed by atoms with Gasteiger partial charge in [-0.1, -0.05) is 18.2 Å². The Bertz CT molecular complexity index is 2270. The smallest absolute Gasteiger partial charge is 0.294 e. The van der Waals surface area contributed by atoms with Crippen molar-refractivity contribution >= 4 is 129 Å². The molecule has 0 aliphatic carbocycles. The van der Waals surface area contributed by atoms with E-state index in [2.05, 4.69) is 20.5 Å². The molecule has 234 valence electrons. The first-order chi connectivity index (χ1) is 21.3. The van der Waals surface area contributed by atoms with E-state index in [0.717, 1.165) is 6.07 Å². The minimum Gasteiger partial charge on any atom is -0.506 e. The molecule has 0 saturated carbocycles. The number of hydrogen-bond donors (Lipinski definition) is 4. The molecule has 0 atom stereocenters. The third-order valence-corrected chi connectivity index (χ3v) is 8.30. The first-order valence-electron chi connectivity index (χ1n) is 13.0. The molecule has 0 heterocycles. The van der Waals surface area contributed by atoms with E-state index in [4.69, 9.17) is 15.2 Å². The number of ether oxygens (including phenoxy) is 2. The Balaban J connectivity index is 0.00000300. The molecule has 5 aromatic carbocycles. The summed E-state index contributed by atoms with van der Waals surface area (Å²) in [5, 5.41) is 29.0. The van der Waals surface area contributed by atoms with Gasteiger partial charge in [-0.25, -0.2) is 0 Å². The zero-order valence-electron chi connectivity index (χ0n) is 25.6. The number of benzene rings is 5. The van der Waals surface area contributed by atoms with E-state index in [1.807, 2.05) is 0 Å². The molecular weight excluding hydrogens is 672 g/mol. The monoisotopic (exact) mass is 697 g/mol. The van der Waals surface area contributed by atoms with Gasteiger partial charge in [-0.05, 0) is 54.8 Å². The van der Waals surface area contributed by atoms with Crippen molar-refractivity contribution in [3.63, 3.8) is 0 Å². The van der Waals surface area contributed by atoms with Crippen LogP contribution in [-0.4, -0.2) is 104 Å². The van der Waals surface area contributed by atoms with Crippen molar-refractivity contribution in [1.29, 1.82) is 0 Å². The molecule has 47 heavy (non-hydrogen) atoms. The van der Waals surface area contributed by atoms with Crippen molar-refractivity contribution in [2.75, 3.05) is 19.5 Å².